The minimum atomic E-state index is -2.99. The summed E-state index contributed by atoms with van der Waals surface area (Å²) in [5.74, 6) is 1.84. The first kappa shape index (κ1) is 19.7. The van der Waals surface area contributed by atoms with Crippen LogP contribution >= 0.6 is 7.60 Å². The fraction of sp³-hybridized carbons (Fsp3) is 0.857. The van der Waals surface area contributed by atoms with Gasteiger partial charge in [-0.05, 0) is 0 Å². The Morgan fingerprint density at radius 3 is 2.11 bits per heavy atom. The van der Waals surface area contributed by atoms with Crippen molar-refractivity contribution in [1.82, 2.24) is 0 Å². The molecule has 0 rings (SSSR count). The second-order valence-corrected chi connectivity index (χ2v) is 9.62. The monoisotopic (exact) mass is 406 g/mol. The molecular weight excluding hydrogens is 375 g/mol. The first-order chi connectivity index (χ1) is 9.11. The Morgan fingerprint density at radius 2 is 1.63 bits per heavy atom. The van der Waals surface area contributed by atoms with E-state index in [1.807, 2.05) is 19.7 Å². The molecule has 0 saturated carbocycles. The average molecular weight is 404 g/mol. The van der Waals surface area contributed by atoms with Crippen molar-refractivity contribution >= 4 is 28.5 Å². The topological polar surface area (TPSA) is 35.5 Å². The zero-order valence-electron chi connectivity index (χ0n) is 12.8. The Balaban J connectivity index is 4.73. The van der Waals surface area contributed by atoms with Gasteiger partial charge >= 0.3 is 129 Å². The molecule has 0 aromatic carbocycles. The van der Waals surface area contributed by atoms with Gasteiger partial charge in [-0.1, -0.05) is 0 Å². The van der Waals surface area contributed by atoms with Crippen LogP contribution in [-0.2, 0) is 13.6 Å². The average Bonchev–Trinajstić information content (AvgIpc) is 2.36. The van der Waals surface area contributed by atoms with Gasteiger partial charge in [0, 0.05) is 0 Å². The quantitative estimate of drug-likeness (QED) is 0.255. The molecule has 0 fully saturated rings. The van der Waals surface area contributed by atoms with E-state index < -0.39 is 7.60 Å². The van der Waals surface area contributed by atoms with E-state index in [1.54, 1.807) is 0 Å². The Bertz CT molecular complexity index is 282. The third-order valence-corrected chi connectivity index (χ3v) is 8.27. The third-order valence-electron chi connectivity index (χ3n) is 2.48. The number of allylic oxidation sites excluding steroid dienone is 1. The summed E-state index contributed by atoms with van der Waals surface area (Å²) in [6.45, 7) is 9.00. The molecule has 3 nitrogen and oxygen atoms in total. The van der Waals surface area contributed by atoms with E-state index in [0.29, 0.717) is 13.2 Å². The van der Waals surface area contributed by atoms with Gasteiger partial charge in [0.15, 0.2) is 0 Å². The zero-order valence-corrected chi connectivity index (χ0v) is 16.0. The summed E-state index contributed by atoms with van der Waals surface area (Å²) in [6.07, 6.45) is 5.92. The molecular formula is C14H29O3PTe. The molecule has 0 aliphatic rings. The van der Waals surface area contributed by atoms with Crippen LogP contribution in [0.1, 0.15) is 59.8 Å². The molecule has 0 atom stereocenters. The predicted octanol–water partition coefficient (Wildman–Crippen LogP) is 5.21. The van der Waals surface area contributed by atoms with Crippen LogP contribution in [0.4, 0.5) is 0 Å². The van der Waals surface area contributed by atoms with Crippen molar-refractivity contribution in [2.75, 3.05) is 13.2 Å². The van der Waals surface area contributed by atoms with E-state index >= 15 is 0 Å². The molecule has 0 heterocycles. The predicted molar refractivity (Wildman–Crippen MR) is 83.9 cm³/mol. The van der Waals surface area contributed by atoms with Crippen LogP contribution in [0.2, 0.25) is 4.47 Å². The summed E-state index contributed by atoms with van der Waals surface area (Å²) in [6, 6.07) is 0. The van der Waals surface area contributed by atoms with E-state index in [0.717, 1.165) is 6.42 Å². The molecule has 5 heteroatoms. The first-order valence-corrected chi connectivity index (χ1v) is 11.8. The summed E-state index contributed by atoms with van der Waals surface area (Å²) in [4.78, 5) is 0. The molecule has 19 heavy (non-hydrogen) atoms. The van der Waals surface area contributed by atoms with E-state index in [1.165, 1.54) is 33.8 Å². The van der Waals surface area contributed by atoms with Crippen LogP contribution in [0.3, 0.4) is 0 Å². The summed E-state index contributed by atoms with van der Waals surface area (Å²) >= 11 is -0.208. The molecule has 0 unspecified atom stereocenters. The zero-order chi connectivity index (χ0) is 14.6. The molecule has 0 aromatic heterocycles. The van der Waals surface area contributed by atoms with Crippen molar-refractivity contribution in [2.45, 2.75) is 64.3 Å². The number of rotatable bonds is 12. The Morgan fingerprint density at radius 1 is 1.05 bits per heavy atom. The van der Waals surface area contributed by atoms with Gasteiger partial charge in [0.2, 0.25) is 0 Å². The summed E-state index contributed by atoms with van der Waals surface area (Å²) < 4.78 is 25.9. The maximum atomic E-state index is 12.5. The van der Waals surface area contributed by atoms with Crippen molar-refractivity contribution < 1.29 is 13.6 Å². The van der Waals surface area contributed by atoms with Gasteiger partial charge in [-0.15, -0.1) is 0 Å². The third kappa shape index (κ3) is 10.1. The van der Waals surface area contributed by atoms with Gasteiger partial charge in [-0.25, -0.2) is 0 Å². The van der Waals surface area contributed by atoms with Gasteiger partial charge in [-0.3, -0.25) is 0 Å². The molecule has 0 bridgehead atoms. The second kappa shape index (κ2) is 12.4. The van der Waals surface area contributed by atoms with E-state index in [2.05, 4.69) is 13.8 Å². The molecule has 0 saturated heterocycles. The van der Waals surface area contributed by atoms with Crippen LogP contribution in [0, 0.1) is 0 Å². The molecule has 0 aliphatic carbocycles. The van der Waals surface area contributed by atoms with Crippen LogP contribution in [-0.4, -0.2) is 34.1 Å². The summed E-state index contributed by atoms with van der Waals surface area (Å²) in [5, 5.41) is 0. The number of hydrogen-bond donors (Lipinski definition) is 0. The summed E-state index contributed by atoms with van der Waals surface area (Å²) in [7, 11) is -2.99. The van der Waals surface area contributed by atoms with Gasteiger partial charge in [0.25, 0.3) is 0 Å². The van der Waals surface area contributed by atoms with Crippen molar-refractivity contribution in [1.29, 1.82) is 0 Å². The molecule has 0 spiro atoms. The Labute approximate surface area is 129 Å². The van der Waals surface area contributed by atoms with Crippen molar-refractivity contribution in [3.8, 4) is 0 Å². The molecule has 0 radical (unpaired) electrons. The molecule has 114 valence electrons. The van der Waals surface area contributed by atoms with Gasteiger partial charge in [0.05, 0.1) is 0 Å². The van der Waals surface area contributed by atoms with Crippen LogP contribution in [0.5, 0.6) is 0 Å². The Kier molecular flexibility index (Phi) is 12.9. The first-order valence-electron chi connectivity index (χ1n) is 7.35. The van der Waals surface area contributed by atoms with Crippen molar-refractivity contribution in [3.05, 3.63) is 9.44 Å². The molecule has 0 aromatic rings. The normalized spacial score (nSPS) is 12.9. The second-order valence-electron chi connectivity index (χ2n) is 4.28. The molecule has 0 amide bonds. The molecule has 0 aliphatic heterocycles. The molecule has 0 N–H and O–H groups in total. The van der Waals surface area contributed by atoms with Crippen LogP contribution in [0.15, 0.2) is 9.44 Å². The standard InChI is InChI=1S/C14H29O3PTe/c1-5-9-11-14(19-12-10-6-2)13-18(15,16-7-3)17-8-4/h13H,5-12H2,1-4H3/b14-13+. The van der Waals surface area contributed by atoms with Gasteiger partial charge in [-0.2, -0.15) is 0 Å². The van der Waals surface area contributed by atoms with Gasteiger partial charge < -0.3 is 0 Å². The maximum absolute atomic E-state index is 12.5. The SMILES string of the molecule is CCCC[Te]/C(=C/P(=O)(OCC)OCC)CCCC. The fourth-order valence-electron chi connectivity index (χ4n) is 1.52. The van der Waals surface area contributed by atoms with E-state index in [4.69, 9.17) is 9.05 Å². The van der Waals surface area contributed by atoms with Crippen molar-refractivity contribution in [2.24, 2.45) is 0 Å². The number of hydrogen-bond acceptors (Lipinski definition) is 3. The van der Waals surface area contributed by atoms with Crippen LogP contribution < -0.4 is 0 Å². The fourth-order valence-corrected chi connectivity index (χ4v) is 7.57. The Hall–Kier alpha value is 0.680. The number of unbranched alkanes of at least 4 members (excludes halogenated alkanes) is 2. The summed E-state index contributed by atoms with van der Waals surface area (Å²) in [5.41, 5.74) is 0. The van der Waals surface area contributed by atoms with E-state index in [-0.39, 0.29) is 20.9 Å². The van der Waals surface area contributed by atoms with Gasteiger partial charge in [0.1, 0.15) is 0 Å². The van der Waals surface area contributed by atoms with Crippen molar-refractivity contribution in [3.63, 3.8) is 0 Å². The minimum absolute atomic E-state index is 0.208. The van der Waals surface area contributed by atoms with Crippen LogP contribution in [0.25, 0.3) is 0 Å². The van der Waals surface area contributed by atoms with E-state index in [9.17, 15) is 4.57 Å².